The summed E-state index contributed by atoms with van der Waals surface area (Å²) in [6.07, 6.45) is -1.41. The van der Waals surface area contributed by atoms with E-state index in [2.05, 4.69) is 10.1 Å². The fourth-order valence-corrected chi connectivity index (χ4v) is 2.15. The van der Waals surface area contributed by atoms with Crippen LogP contribution in [0.25, 0.3) is 22.4 Å². The molecule has 0 radical (unpaired) electrons. The molecule has 7 nitrogen and oxygen atoms in total. The van der Waals surface area contributed by atoms with E-state index in [1.807, 2.05) is 0 Å². The number of rotatable bonds is 3. The third kappa shape index (κ3) is 2.44. The third-order valence-corrected chi connectivity index (χ3v) is 3.10. The van der Waals surface area contributed by atoms with E-state index in [4.69, 9.17) is 19.1 Å². The van der Waals surface area contributed by atoms with Gasteiger partial charge in [0.25, 0.3) is 5.71 Å². The first kappa shape index (κ1) is 13.9. The van der Waals surface area contributed by atoms with Crippen molar-refractivity contribution in [3.63, 3.8) is 0 Å². The number of benzene rings is 1. The molecule has 0 bridgehead atoms. The number of aromatic nitrogens is 2. The summed E-state index contributed by atoms with van der Waals surface area (Å²) in [4.78, 5) is 15.1. The predicted octanol–water partition coefficient (Wildman–Crippen LogP) is 3.26. The van der Waals surface area contributed by atoms with Crippen LogP contribution in [-0.2, 0) is 0 Å². The molecule has 1 N–H and O–H groups in total. The van der Waals surface area contributed by atoms with Crippen LogP contribution in [0.1, 0.15) is 5.69 Å². The largest absolute Gasteiger partial charge is 0.511 e. The van der Waals surface area contributed by atoms with E-state index in [0.29, 0.717) is 22.5 Å². The van der Waals surface area contributed by atoms with Crippen molar-refractivity contribution in [2.45, 2.75) is 6.92 Å². The van der Waals surface area contributed by atoms with E-state index in [9.17, 15) is 4.79 Å². The van der Waals surface area contributed by atoms with Crippen LogP contribution >= 0.6 is 0 Å². The second-order valence-electron chi connectivity index (χ2n) is 4.57. The molecule has 1 aromatic carbocycles. The molecule has 0 aliphatic rings. The summed E-state index contributed by atoms with van der Waals surface area (Å²) in [5, 5.41) is 13.3. The Morgan fingerprint density at radius 2 is 2.00 bits per heavy atom. The van der Waals surface area contributed by atoms with Crippen LogP contribution in [-0.4, -0.2) is 28.5 Å². The molecule has 0 unspecified atom stereocenters. The zero-order valence-electron chi connectivity index (χ0n) is 11.9. The molecule has 0 saturated carbocycles. The lowest BCUT2D eigenvalue weighted by molar-refractivity contribution is 0.145. The highest BCUT2D eigenvalue weighted by atomic mass is 16.7. The third-order valence-electron chi connectivity index (χ3n) is 3.10. The maximum absolute atomic E-state index is 10.9. The fourth-order valence-electron chi connectivity index (χ4n) is 2.15. The Morgan fingerprint density at radius 1 is 1.27 bits per heavy atom. The van der Waals surface area contributed by atoms with Gasteiger partial charge in [-0.2, -0.15) is 0 Å². The second kappa shape index (κ2) is 5.36. The highest BCUT2D eigenvalue weighted by molar-refractivity contribution is 5.95. The molecule has 0 spiro atoms. The Bertz CT molecular complexity index is 839. The average molecular weight is 300 g/mol. The van der Waals surface area contributed by atoms with Crippen molar-refractivity contribution in [3.05, 3.63) is 36.0 Å². The first-order chi connectivity index (χ1) is 10.6. The van der Waals surface area contributed by atoms with Crippen LogP contribution in [0.2, 0.25) is 0 Å². The van der Waals surface area contributed by atoms with Crippen LogP contribution in [0, 0.1) is 6.92 Å². The fraction of sp³-hybridized carbons (Fsp3) is 0.133. The number of hydrogen-bond donors (Lipinski definition) is 1. The van der Waals surface area contributed by atoms with Crippen molar-refractivity contribution in [1.82, 2.24) is 10.1 Å². The van der Waals surface area contributed by atoms with Gasteiger partial charge < -0.3 is 19.1 Å². The second-order valence-corrected chi connectivity index (χ2v) is 4.57. The molecular weight excluding hydrogens is 288 g/mol. The van der Waals surface area contributed by atoms with Crippen LogP contribution in [0.15, 0.2) is 34.9 Å². The molecule has 22 heavy (non-hydrogen) atoms. The molecule has 0 saturated heterocycles. The van der Waals surface area contributed by atoms with Gasteiger partial charge in [-0.1, -0.05) is 5.16 Å². The number of ether oxygens (including phenoxy) is 2. The Kier molecular flexibility index (Phi) is 3.38. The summed E-state index contributed by atoms with van der Waals surface area (Å²) in [5.41, 5.74) is 1.99. The summed E-state index contributed by atoms with van der Waals surface area (Å²) >= 11 is 0. The minimum absolute atomic E-state index is 0.141. The lowest BCUT2D eigenvalue weighted by Crippen LogP contribution is -2.04. The van der Waals surface area contributed by atoms with Gasteiger partial charge in [0.15, 0.2) is 5.75 Å². The highest BCUT2D eigenvalue weighted by Crippen LogP contribution is 2.35. The van der Waals surface area contributed by atoms with Crippen LogP contribution in [0.4, 0.5) is 4.79 Å². The van der Waals surface area contributed by atoms with E-state index in [0.717, 1.165) is 5.56 Å². The number of aryl methyl sites for hydroxylation is 1. The number of carboxylic acid groups (broad SMARTS) is 1. The normalized spacial score (nSPS) is 10.6. The van der Waals surface area contributed by atoms with E-state index >= 15 is 0 Å². The molecular formula is C15H12N2O5. The van der Waals surface area contributed by atoms with Gasteiger partial charge in [0.2, 0.25) is 0 Å². The monoisotopic (exact) mass is 300 g/mol. The van der Waals surface area contributed by atoms with Gasteiger partial charge in [-0.15, -0.1) is 0 Å². The van der Waals surface area contributed by atoms with Crippen LogP contribution in [0.5, 0.6) is 11.5 Å². The Balaban J connectivity index is 2.18. The zero-order chi connectivity index (χ0) is 15.7. The van der Waals surface area contributed by atoms with E-state index in [1.165, 1.54) is 6.07 Å². The summed E-state index contributed by atoms with van der Waals surface area (Å²) in [7, 11) is 1.58. The maximum atomic E-state index is 10.9. The Morgan fingerprint density at radius 3 is 2.64 bits per heavy atom. The summed E-state index contributed by atoms with van der Waals surface area (Å²) in [6, 6.07) is 8.66. The van der Waals surface area contributed by atoms with Gasteiger partial charge >= 0.3 is 6.16 Å². The van der Waals surface area contributed by atoms with E-state index in [1.54, 1.807) is 38.3 Å². The standard InChI is InChI=1S/C15H12N2O5/c1-8-7-11(21-15(18)19)12-13(17-22-14(12)16-8)9-3-5-10(20-2)6-4-9/h3-7H,1-2H3,(H,18,19). The highest BCUT2D eigenvalue weighted by Gasteiger charge is 2.19. The van der Waals surface area contributed by atoms with Crippen molar-refractivity contribution >= 4 is 17.3 Å². The Labute approximate surface area is 125 Å². The summed E-state index contributed by atoms with van der Waals surface area (Å²) < 4.78 is 15.1. The molecule has 0 aliphatic heterocycles. The SMILES string of the molecule is COc1ccc(-c2noc3nc(C)cc(OC(=O)O)c23)cc1. The van der Waals surface area contributed by atoms with Crippen molar-refractivity contribution in [2.75, 3.05) is 7.11 Å². The van der Waals surface area contributed by atoms with Gasteiger partial charge in [0.1, 0.15) is 16.8 Å². The Hall–Kier alpha value is -3.09. The number of fused-ring (bicyclic) bond motifs is 1. The first-order valence-electron chi connectivity index (χ1n) is 6.40. The topological polar surface area (TPSA) is 94.7 Å². The quantitative estimate of drug-likeness (QED) is 0.742. The lowest BCUT2D eigenvalue weighted by atomic mass is 10.1. The zero-order valence-corrected chi connectivity index (χ0v) is 11.9. The molecule has 7 heteroatoms. The molecule has 2 aromatic heterocycles. The van der Waals surface area contributed by atoms with Gasteiger partial charge in [-0.25, -0.2) is 9.78 Å². The maximum Gasteiger partial charge on any atom is 0.511 e. The van der Waals surface area contributed by atoms with Gasteiger partial charge in [0.05, 0.1) is 7.11 Å². The lowest BCUT2D eigenvalue weighted by Gasteiger charge is -2.04. The summed E-state index contributed by atoms with van der Waals surface area (Å²) in [6.45, 7) is 1.71. The van der Waals surface area contributed by atoms with E-state index in [-0.39, 0.29) is 11.5 Å². The minimum Gasteiger partial charge on any atom is -0.497 e. The van der Waals surface area contributed by atoms with Gasteiger partial charge in [-0.05, 0) is 31.2 Å². The molecule has 0 aliphatic carbocycles. The number of carbonyl (C=O) groups is 1. The van der Waals surface area contributed by atoms with Crippen LogP contribution in [0.3, 0.4) is 0 Å². The number of nitrogens with zero attached hydrogens (tertiary/aromatic N) is 2. The molecule has 0 atom stereocenters. The molecule has 3 aromatic rings. The van der Waals surface area contributed by atoms with Gasteiger partial charge in [0, 0.05) is 17.3 Å². The van der Waals surface area contributed by atoms with Crippen LogP contribution < -0.4 is 9.47 Å². The molecule has 3 rings (SSSR count). The van der Waals surface area contributed by atoms with Crippen molar-refractivity contribution < 1.29 is 23.9 Å². The number of methoxy groups -OCH3 is 1. The smallest absolute Gasteiger partial charge is 0.497 e. The first-order valence-corrected chi connectivity index (χ1v) is 6.40. The molecule has 0 fully saturated rings. The van der Waals surface area contributed by atoms with Crippen molar-refractivity contribution in [3.8, 4) is 22.8 Å². The number of pyridine rings is 1. The number of hydrogen-bond acceptors (Lipinski definition) is 6. The van der Waals surface area contributed by atoms with E-state index < -0.39 is 6.16 Å². The molecule has 112 valence electrons. The van der Waals surface area contributed by atoms with Crippen molar-refractivity contribution in [2.24, 2.45) is 0 Å². The van der Waals surface area contributed by atoms with Gasteiger partial charge in [-0.3, -0.25) is 0 Å². The average Bonchev–Trinajstić information content (AvgIpc) is 2.90. The van der Waals surface area contributed by atoms with Crippen molar-refractivity contribution in [1.29, 1.82) is 0 Å². The molecule has 2 heterocycles. The summed E-state index contributed by atoms with van der Waals surface area (Å²) in [5.74, 6) is 0.842. The molecule has 0 amide bonds. The minimum atomic E-state index is -1.41. The predicted molar refractivity (Wildman–Crippen MR) is 77.2 cm³/mol.